The predicted octanol–water partition coefficient (Wildman–Crippen LogP) is 3.86. The maximum atomic E-state index is 13.5. The molecule has 0 aliphatic carbocycles. The first-order valence-electron chi connectivity index (χ1n) is 12.9. The van der Waals surface area contributed by atoms with Crippen LogP contribution in [0.5, 0.6) is 5.75 Å². The molecular formula is C28H39N7O5S. The van der Waals surface area contributed by atoms with Crippen molar-refractivity contribution in [1.82, 2.24) is 20.3 Å². The van der Waals surface area contributed by atoms with Gasteiger partial charge < -0.3 is 21.1 Å². The van der Waals surface area contributed by atoms with Crippen molar-refractivity contribution in [2.75, 3.05) is 35.7 Å². The highest BCUT2D eigenvalue weighted by Gasteiger charge is 2.24. The van der Waals surface area contributed by atoms with Gasteiger partial charge in [0.1, 0.15) is 0 Å². The van der Waals surface area contributed by atoms with E-state index in [2.05, 4.69) is 25.7 Å². The fourth-order valence-corrected chi connectivity index (χ4v) is 4.43. The summed E-state index contributed by atoms with van der Waals surface area (Å²) in [6, 6.07) is 8.37. The molecule has 0 fully saturated rings. The minimum absolute atomic E-state index is 0.0156. The fourth-order valence-electron chi connectivity index (χ4n) is 3.88. The second-order valence-electron chi connectivity index (χ2n) is 12.2. The van der Waals surface area contributed by atoms with Crippen LogP contribution in [-0.2, 0) is 15.4 Å². The molecule has 0 unspecified atom stereocenters. The molecular weight excluding hydrogens is 546 g/mol. The van der Waals surface area contributed by atoms with Gasteiger partial charge in [0.25, 0.3) is 11.8 Å². The minimum Gasteiger partial charge on any atom is -0.492 e. The molecule has 2 amide bonds. The molecule has 41 heavy (non-hydrogen) atoms. The maximum Gasteiger partial charge on any atom is 0.275 e. The van der Waals surface area contributed by atoms with Crippen LogP contribution >= 0.6 is 0 Å². The molecule has 1 heterocycles. The first-order chi connectivity index (χ1) is 18.8. The molecule has 0 spiro atoms. The molecule has 0 radical (unpaired) electrons. The Hall–Kier alpha value is -4.13. The van der Waals surface area contributed by atoms with Crippen LogP contribution in [-0.4, -0.2) is 55.1 Å². The van der Waals surface area contributed by atoms with Crippen molar-refractivity contribution in [2.45, 2.75) is 53.9 Å². The number of hydrogen-bond donors (Lipinski definition) is 4. The van der Waals surface area contributed by atoms with Crippen molar-refractivity contribution in [1.29, 1.82) is 0 Å². The molecule has 0 aliphatic rings. The molecule has 5 N–H and O–H groups in total. The molecule has 13 heteroatoms. The standard InChI is InChI=1S/C28H39N7O5S/c1-16-10-11-17(12-21(16)35-24(29)22(32-34-35)26(37)30-15-27(2,3)4)25(36)31-19-13-18(28(5,6)7)14-20(23(19)40-8)33-41(9,38)39/h10-14,33H,15,29H2,1-9H3,(H,30,37)(H,31,36). The summed E-state index contributed by atoms with van der Waals surface area (Å²) in [7, 11) is -2.24. The highest BCUT2D eigenvalue weighted by Crippen LogP contribution is 2.39. The van der Waals surface area contributed by atoms with Gasteiger partial charge in [0.15, 0.2) is 17.3 Å². The van der Waals surface area contributed by atoms with Crippen molar-refractivity contribution in [3.05, 3.63) is 52.7 Å². The number of sulfonamides is 1. The van der Waals surface area contributed by atoms with E-state index in [4.69, 9.17) is 10.5 Å². The highest BCUT2D eigenvalue weighted by molar-refractivity contribution is 7.92. The van der Waals surface area contributed by atoms with Crippen LogP contribution in [0.15, 0.2) is 30.3 Å². The maximum absolute atomic E-state index is 13.5. The number of rotatable bonds is 8. The third-order valence-electron chi connectivity index (χ3n) is 6.10. The predicted molar refractivity (Wildman–Crippen MR) is 160 cm³/mol. The monoisotopic (exact) mass is 585 g/mol. The first kappa shape index (κ1) is 31.4. The van der Waals surface area contributed by atoms with E-state index in [1.165, 1.54) is 11.8 Å². The average molecular weight is 586 g/mol. The number of benzene rings is 2. The van der Waals surface area contributed by atoms with Crippen LogP contribution in [0.25, 0.3) is 5.69 Å². The summed E-state index contributed by atoms with van der Waals surface area (Å²) < 4.78 is 33.4. The molecule has 0 saturated heterocycles. The number of aromatic nitrogens is 3. The Morgan fingerprint density at radius 3 is 2.22 bits per heavy atom. The number of nitrogens with two attached hydrogens (primary N) is 1. The van der Waals surface area contributed by atoms with Crippen molar-refractivity contribution in [3.63, 3.8) is 0 Å². The van der Waals surface area contributed by atoms with Gasteiger partial charge in [-0.3, -0.25) is 14.3 Å². The van der Waals surface area contributed by atoms with Crippen LogP contribution in [0.4, 0.5) is 17.2 Å². The molecule has 2 aromatic carbocycles. The summed E-state index contributed by atoms with van der Waals surface area (Å²) >= 11 is 0. The number of nitrogen functional groups attached to an aromatic ring is 1. The van der Waals surface area contributed by atoms with E-state index in [9.17, 15) is 18.0 Å². The quantitative estimate of drug-likeness (QED) is 0.309. The Balaban J connectivity index is 1.99. The number of nitrogens with one attached hydrogen (secondary N) is 3. The van der Waals surface area contributed by atoms with Crippen molar-refractivity contribution < 1.29 is 22.7 Å². The summed E-state index contributed by atoms with van der Waals surface area (Å²) in [4.78, 5) is 26.1. The summed E-state index contributed by atoms with van der Waals surface area (Å²) in [5, 5.41) is 13.7. The summed E-state index contributed by atoms with van der Waals surface area (Å²) in [5.74, 6) is -0.731. The van der Waals surface area contributed by atoms with Crippen molar-refractivity contribution >= 4 is 39.0 Å². The lowest BCUT2D eigenvalue weighted by molar-refractivity contribution is 0.0934. The summed E-state index contributed by atoms with van der Waals surface area (Å²) in [6.07, 6.45) is 1.04. The van der Waals surface area contributed by atoms with Gasteiger partial charge in [-0.05, 0) is 53.1 Å². The largest absolute Gasteiger partial charge is 0.492 e. The summed E-state index contributed by atoms with van der Waals surface area (Å²) in [6.45, 7) is 14.1. The van der Waals surface area contributed by atoms with Gasteiger partial charge in [-0.1, -0.05) is 52.8 Å². The molecule has 3 rings (SSSR count). The highest BCUT2D eigenvalue weighted by atomic mass is 32.2. The van der Waals surface area contributed by atoms with Gasteiger partial charge in [0, 0.05) is 12.1 Å². The molecule has 0 aliphatic heterocycles. The van der Waals surface area contributed by atoms with E-state index >= 15 is 0 Å². The van der Waals surface area contributed by atoms with Gasteiger partial charge in [-0.2, -0.15) is 4.68 Å². The van der Waals surface area contributed by atoms with Gasteiger partial charge in [0.2, 0.25) is 10.0 Å². The molecule has 3 aromatic rings. The van der Waals surface area contributed by atoms with Crippen molar-refractivity contribution in [3.8, 4) is 11.4 Å². The fraction of sp³-hybridized carbons (Fsp3) is 0.429. The zero-order chi connectivity index (χ0) is 30.9. The second kappa shape index (κ2) is 11.4. The van der Waals surface area contributed by atoms with Crippen LogP contribution in [0, 0.1) is 12.3 Å². The molecule has 222 valence electrons. The topological polar surface area (TPSA) is 170 Å². The summed E-state index contributed by atoms with van der Waals surface area (Å²) in [5.41, 5.74) is 8.49. The van der Waals surface area contributed by atoms with Gasteiger partial charge >= 0.3 is 0 Å². The van der Waals surface area contributed by atoms with E-state index in [-0.39, 0.29) is 45.0 Å². The number of anilines is 3. The number of carbonyl (C=O) groups is 2. The van der Waals surface area contributed by atoms with Gasteiger partial charge in [0.05, 0.1) is 30.4 Å². The lowest BCUT2D eigenvalue weighted by Gasteiger charge is -2.24. The van der Waals surface area contributed by atoms with E-state index in [0.29, 0.717) is 12.2 Å². The zero-order valence-corrected chi connectivity index (χ0v) is 25.8. The molecule has 0 saturated carbocycles. The number of aryl methyl sites for hydroxylation is 1. The smallest absolute Gasteiger partial charge is 0.275 e. The Morgan fingerprint density at radius 2 is 1.66 bits per heavy atom. The zero-order valence-electron chi connectivity index (χ0n) is 25.0. The van der Waals surface area contributed by atoms with Gasteiger partial charge in [-0.15, -0.1) is 5.10 Å². The van der Waals surface area contributed by atoms with Crippen LogP contribution < -0.4 is 25.8 Å². The average Bonchev–Trinajstić information content (AvgIpc) is 3.21. The second-order valence-corrected chi connectivity index (χ2v) is 13.9. The molecule has 0 bridgehead atoms. The molecule has 1 aromatic heterocycles. The third-order valence-corrected chi connectivity index (χ3v) is 6.69. The Morgan fingerprint density at radius 1 is 1.02 bits per heavy atom. The van der Waals surface area contributed by atoms with E-state index < -0.39 is 21.8 Å². The van der Waals surface area contributed by atoms with E-state index in [0.717, 1.165) is 17.4 Å². The van der Waals surface area contributed by atoms with Gasteiger partial charge in [-0.25, -0.2) is 8.42 Å². The Bertz CT molecular complexity index is 1580. The van der Waals surface area contributed by atoms with Crippen LogP contribution in [0.3, 0.4) is 0 Å². The Kier molecular flexibility index (Phi) is 8.73. The number of hydrogen-bond acceptors (Lipinski definition) is 8. The number of methoxy groups -OCH3 is 1. The third kappa shape index (κ3) is 7.75. The number of nitrogens with zero attached hydrogens (tertiary/aromatic N) is 3. The van der Waals surface area contributed by atoms with Crippen molar-refractivity contribution in [2.24, 2.45) is 5.41 Å². The molecule has 12 nitrogen and oxygen atoms in total. The number of carbonyl (C=O) groups excluding carboxylic acids is 2. The SMILES string of the molecule is COc1c(NC(=O)c2ccc(C)c(-n3nnc(C(=O)NCC(C)(C)C)c3N)c2)cc(C(C)(C)C)cc1NS(C)(=O)=O. The lowest BCUT2D eigenvalue weighted by atomic mass is 9.86. The Labute approximate surface area is 241 Å². The molecule has 0 atom stereocenters. The minimum atomic E-state index is -3.63. The lowest BCUT2D eigenvalue weighted by Crippen LogP contribution is -2.32. The first-order valence-corrected chi connectivity index (χ1v) is 14.8. The number of ether oxygens (including phenoxy) is 1. The van der Waals surface area contributed by atoms with Crippen LogP contribution in [0.1, 0.15) is 73.5 Å². The van der Waals surface area contributed by atoms with Crippen LogP contribution in [0.2, 0.25) is 0 Å². The normalized spacial score (nSPS) is 12.1. The van der Waals surface area contributed by atoms with E-state index in [1.54, 1.807) is 30.3 Å². The van der Waals surface area contributed by atoms with E-state index in [1.807, 2.05) is 48.5 Å². The number of amides is 2.